The van der Waals surface area contributed by atoms with E-state index in [9.17, 15) is 0 Å². The Balaban J connectivity index is 0.000000146. The monoisotopic (exact) mass is 245 g/mol. The van der Waals surface area contributed by atoms with Gasteiger partial charge in [-0.05, 0) is 57.6 Å². The van der Waals surface area contributed by atoms with Crippen LogP contribution in [0.15, 0.2) is 18.2 Å². The zero-order chi connectivity index (χ0) is 13.0. The molecule has 2 aliphatic rings. The normalized spacial score (nSPS) is 24.8. The molecule has 100 valence electrons. The third kappa shape index (κ3) is 3.58. The van der Waals surface area contributed by atoms with Gasteiger partial charge in [0.05, 0.1) is 0 Å². The molecule has 0 radical (unpaired) electrons. The van der Waals surface area contributed by atoms with Crippen molar-refractivity contribution in [2.45, 2.75) is 58.9 Å². The van der Waals surface area contributed by atoms with Crippen LogP contribution in [0.4, 0.5) is 0 Å². The second-order valence-electron chi connectivity index (χ2n) is 5.93. The van der Waals surface area contributed by atoms with Crippen molar-refractivity contribution in [3.05, 3.63) is 34.9 Å². The third-order valence-corrected chi connectivity index (χ3v) is 4.16. The highest BCUT2D eigenvalue weighted by molar-refractivity contribution is 5.28. The molecule has 1 heterocycles. The molecule has 1 aliphatic heterocycles. The predicted octanol–water partition coefficient (Wildman–Crippen LogP) is 4.01. The van der Waals surface area contributed by atoms with Gasteiger partial charge >= 0.3 is 0 Å². The van der Waals surface area contributed by atoms with Gasteiger partial charge in [-0.1, -0.05) is 42.7 Å². The second kappa shape index (κ2) is 6.38. The van der Waals surface area contributed by atoms with Crippen LogP contribution in [0.25, 0.3) is 0 Å². The first-order chi connectivity index (χ1) is 8.69. The summed E-state index contributed by atoms with van der Waals surface area (Å²) in [4.78, 5) is 0. The summed E-state index contributed by atoms with van der Waals surface area (Å²) >= 11 is 0. The Morgan fingerprint density at radius 1 is 1.06 bits per heavy atom. The van der Waals surface area contributed by atoms with Crippen molar-refractivity contribution < 1.29 is 0 Å². The standard InChI is InChI=1S/C11H16.C6H11N/c1-4-5-11-7-9(2)6-10(3)8-11;1-2-6-5(1)3-4-7-6/h6-8H,4-5H2,1-3H3;5-7H,1-4H2. The van der Waals surface area contributed by atoms with Crippen molar-refractivity contribution in [2.24, 2.45) is 5.92 Å². The fourth-order valence-corrected chi connectivity index (χ4v) is 3.14. The van der Waals surface area contributed by atoms with Gasteiger partial charge in [-0.15, -0.1) is 0 Å². The van der Waals surface area contributed by atoms with Gasteiger partial charge in [0, 0.05) is 6.04 Å². The summed E-state index contributed by atoms with van der Waals surface area (Å²) in [6.07, 6.45) is 6.85. The lowest BCUT2D eigenvalue weighted by atomic mass is 9.81. The van der Waals surface area contributed by atoms with Crippen LogP contribution < -0.4 is 5.32 Å². The van der Waals surface area contributed by atoms with Crippen molar-refractivity contribution in [3.8, 4) is 0 Å². The summed E-state index contributed by atoms with van der Waals surface area (Å²) in [6.45, 7) is 7.82. The molecule has 0 amide bonds. The lowest BCUT2D eigenvalue weighted by Gasteiger charge is -2.29. The fourth-order valence-electron chi connectivity index (χ4n) is 3.14. The molecule has 1 N–H and O–H groups in total. The number of nitrogens with one attached hydrogen (secondary N) is 1. The van der Waals surface area contributed by atoms with E-state index in [1.54, 1.807) is 0 Å². The maximum atomic E-state index is 3.46. The Labute approximate surface area is 112 Å². The van der Waals surface area contributed by atoms with E-state index in [1.807, 2.05) is 0 Å². The molecule has 1 saturated carbocycles. The van der Waals surface area contributed by atoms with E-state index in [4.69, 9.17) is 0 Å². The van der Waals surface area contributed by atoms with Gasteiger partial charge in [0.15, 0.2) is 0 Å². The zero-order valence-electron chi connectivity index (χ0n) is 12.1. The largest absolute Gasteiger partial charge is 0.314 e. The SMILES string of the molecule is C1CC2CCC2N1.CCCc1cc(C)cc(C)c1. The molecule has 1 saturated heterocycles. The van der Waals surface area contributed by atoms with Gasteiger partial charge in [0.1, 0.15) is 0 Å². The lowest BCUT2D eigenvalue weighted by molar-refractivity contribution is 0.276. The molecule has 1 heteroatoms. The van der Waals surface area contributed by atoms with Crippen LogP contribution in [0.5, 0.6) is 0 Å². The summed E-state index contributed by atoms with van der Waals surface area (Å²) < 4.78 is 0. The molecule has 0 aromatic heterocycles. The number of aryl methyl sites for hydroxylation is 3. The van der Waals surface area contributed by atoms with Crippen LogP contribution >= 0.6 is 0 Å². The molecule has 1 aromatic rings. The van der Waals surface area contributed by atoms with E-state index < -0.39 is 0 Å². The molecule has 0 bridgehead atoms. The molecule has 1 aliphatic carbocycles. The van der Waals surface area contributed by atoms with Gasteiger partial charge < -0.3 is 5.32 Å². The maximum Gasteiger partial charge on any atom is 0.00959 e. The minimum atomic E-state index is 0.944. The smallest absolute Gasteiger partial charge is 0.00959 e. The second-order valence-corrected chi connectivity index (χ2v) is 5.93. The average molecular weight is 245 g/mol. The van der Waals surface area contributed by atoms with Gasteiger partial charge in [0.25, 0.3) is 0 Å². The molecule has 1 nitrogen and oxygen atoms in total. The van der Waals surface area contributed by atoms with E-state index in [2.05, 4.69) is 44.3 Å². The Morgan fingerprint density at radius 3 is 2.17 bits per heavy atom. The number of hydrogen-bond donors (Lipinski definition) is 1. The van der Waals surface area contributed by atoms with Crippen LogP contribution in [-0.4, -0.2) is 12.6 Å². The summed E-state index contributed by atoms with van der Waals surface area (Å²) in [5.74, 6) is 1.08. The Bertz CT molecular complexity index is 353. The van der Waals surface area contributed by atoms with Crippen LogP contribution in [0.3, 0.4) is 0 Å². The van der Waals surface area contributed by atoms with Crippen LogP contribution in [0.1, 0.15) is 49.3 Å². The third-order valence-electron chi connectivity index (χ3n) is 4.16. The van der Waals surface area contributed by atoms with E-state index in [0.29, 0.717) is 0 Å². The average Bonchev–Trinajstić information content (AvgIpc) is 2.58. The molecule has 18 heavy (non-hydrogen) atoms. The van der Waals surface area contributed by atoms with E-state index in [1.165, 1.54) is 55.3 Å². The highest BCUT2D eigenvalue weighted by Crippen LogP contribution is 2.33. The zero-order valence-corrected chi connectivity index (χ0v) is 12.1. The fraction of sp³-hybridized carbons (Fsp3) is 0.647. The molecule has 0 spiro atoms. The number of fused-ring (bicyclic) bond motifs is 1. The first-order valence-electron chi connectivity index (χ1n) is 7.49. The highest BCUT2D eigenvalue weighted by atomic mass is 15.0. The molecule has 3 rings (SSSR count). The van der Waals surface area contributed by atoms with Crippen molar-refractivity contribution >= 4 is 0 Å². The quantitative estimate of drug-likeness (QED) is 0.830. The summed E-state index contributed by atoms with van der Waals surface area (Å²) in [5, 5.41) is 3.46. The summed E-state index contributed by atoms with van der Waals surface area (Å²) in [7, 11) is 0. The molecule has 2 unspecified atom stereocenters. The summed E-state index contributed by atoms with van der Waals surface area (Å²) in [6, 6.07) is 7.71. The number of rotatable bonds is 2. The predicted molar refractivity (Wildman–Crippen MR) is 79.0 cm³/mol. The van der Waals surface area contributed by atoms with Gasteiger partial charge in [-0.2, -0.15) is 0 Å². The summed E-state index contributed by atoms with van der Waals surface area (Å²) in [5.41, 5.74) is 4.24. The first-order valence-corrected chi connectivity index (χ1v) is 7.49. The maximum absolute atomic E-state index is 3.46. The van der Waals surface area contributed by atoms with Crippen LogP contribution in [-0.2, 0) is 6.42 Å². The molecule has 2 fully saturated rings. The topological polar surface area (TPSA) is 12.0 Å². The van der Waals surface area contributed by atoms with Crippen molar-refractivity contribution in [2.75, 3.05) is 6.54 Å². The first kappa shape index (κ1) is 13.6. The lowest BCUT2D eigenvalue weighted by Crippen LogP contribution is -2.34. The van der Waals surface area contributed by atoms with E-state index in [0.717, 1.165) is 12.0 Å². The van der Waals surface area contributed by atoms with E-state index >= 15 is 0 Å². The van der Waals surface area contributed by atoms with Crippen molar-refractivity contribution in [1.29, 1.82) is 0 Å². The molecule has 2 atom stereocenters. The van der Waals surface area contributed by atoms with Crippen LogP contribution in [0, 0.1) is 19.8 Å². The molecule has 1 aromatic carbocycles. The molecular weight excluding hydrogens is 218 g/mol. The number of benzene rings is 1. The van der Waals surface area contributed by atoms with Crippen LogP contribution in [0.2, 0.25) is 0 Å². The van der Waals surface area contributed by atoms with Gasteiger partial charge in [-0.3, -0.25) is 0 Å². The van der Waals surface area contributed by atoms with Crippen molar-refractivity contribution in [3.63, 3.8) is 0 Å². The highest BCUT2D eigenvalue weighted by Gasteiger charge is 2.33. The van der Waals surface area contributed by atoms with Gasteiger partial charge in [0.2, 0.25) is 0 Å². The number of hydrogen-bond acceptors (Lipinski definition) is 1. The minimum absolute atomic E-state index is 0.944. The Morgan fingerprint density at radius 2 is 1.78 bits per heavy atom. The molecular formula is C17H27N. The Hall–Kier alpha value is -0.820. The van der Waals surface area contributed by atoms with Gasteiger partial charge in [-0.25, -0.2) is 0 Å². The minimum Gasteiger partial charge on any atom is -0.314 e. The van der Waals surface area contributed by atoms with E-state index in [-0.39, 0.29) is 0 Å². The Kier molecular flexibility index (Phi) is 4.82. The van der Waals surface area contributed by atoms with Crippen molar-refractivity contribution in [1.82, 2.24) is 5.32 Å².